The standard InChI is InChI=1S/C68H46N4O8S4/c73-61(33-41-25-29-81-37-41)77-49-9-1-45(2-10-49)65-53-17-19-55(69-53)66(46-3-11-50(12-4-46)78-62(74)34-42-26-30-82-38-42)57-21-23-59(71-57)68(48-7-15-52(16-8-48)80-64(76)36-44-28-32-84-40-44)60-24-22-58(72-60)67(56-20-18-54(65)70-56)47-5-13-51(14-6-47)79-63(75)35-43-27-31-83-39-43/h1-32,37-40,69,72H,33-36H2. The first-order chi connectivity index (χ1) is 41.2. The van der Waals surface area contributed by atoms with Crippen molar-refractivity contribution in [1.29, 1.82) is 0 Å². The second-order valence-electron chi connectivity index (χ2n) is 19.7. The summed E-state index contributed by atoms with van der Waals surface area (Å²) in [5.41, 5.74) is 15.5. The average molecular weight is 1180 g/mol. The summed E-state index contributed by atoms with van der Waals surface area (Å²) in [5.74, 6) is 0.175. The Morgan fingerprint density at radius 3 is 0.738 bits per heavy atom. The zero-order valence-corrected chi connectivity index (χ0v) is 47.7. The molecule has 7 aromatic heterocycles. The quantitative estimate of drug-likeness (QED) is 0.0703. The zero-order valence-electron chi connectivity index (χ0n) is 44.4. The van der Waals surface area contributed by atoms with Crippen molar-refractivity contribution in [1.82, 2.24) is 19.9 Å². The fourth-order valence-corrected chi connectivity index (χ4v) is 12.8. The highest BCUT2D eigenvalue weighted by Gasteiger charge is 2.21. The zero-order chi connectivity index (χ0) is 56.9. The fourth-order valence-electron chi connectivity index (χ4n) is 10.1. The summed E-state index contributed by atoms with van der Waals surface area (Å²) in [6, 6.07) is 45.4. The van der Waals surface area contributed by atoms with Gasteiger partial charge in [0.1, 0.15) is 23.0 Å². The molecule has 2 aliphatic rings. The number of nitrogens with zero attached hydrogens (tertiary/aromatic N) is 2. The number of ether oxygens (including phenoxy) is 4. The van der Waals surface area contributed by atoms with Crippen LogP contribution in [0.25, 0.3) is 90.9 Å². The maximum atomic E-state index is 13.0. The van der Waals surface area contributed by atoms with E-state index in [1.165, 1.54) is 45.3 Å². The van der Waals surface area contributed by atoms with Gasteiger partial charge in [-0.2, -0.15) is 45.3 Å². The molecule has 2 aliphatic heterocycles. The number of fused-ring (bicyclic) bond motifs is 8. The number of benzene rings is 4. The molecule has 0 atom stereocenters. The SMILES string of the molecule is O=C(Cc1ccsc1)Oc1ccc(-c2c3nc(c(-c4ccc(OC(=O)Cc5ccsc5)cc4)c4ccc([nH]4)c(-c4ccc(OC(=O)Cc5ccsc5)cc4)c4nc(c(-c5ccc(OC(=O)Cc6ccsc6)cc5)c5ccc2[nH]5)C=C4)C=C3)cc1. The Hall–Kier alpha value is -9.84. The van der Waals surface area contributed by atoms with Crippen molar-refractivity contribution in [3.8, 4) is 67.5 Å². The van der Waals surface area contributed by atoms with Crippen LogP contribution in [0.2, 0.25) is 0 Å². The van der Waals surface area contributed by atoms with Crippen LogP contribution < -0.4 is 18.9 Å². The highest BCUT2D eigenvalue weighted by Crippen LogP contribution is 2.40. The van der Waals surface area contributed by atoms with E-state index in [1.807, 2.05) is 164 Å². The minimum absolute atomic E-state index is 0.155. The van der Waals surface area contributed by atoms with Crippen LogP contribution >= 0.6 is 45.3 Å². The smallest absolute Gasteiger partial charge is 0.315 e. The van der Waals surface area contributed by atoms with E-state index in [1.54, 1.807) is 48.5 Å². The normalized spacial score (nSPS) is 11.6. The van der Waals surface area contributed by atoms with Crippen molar-refractivity contribution in [2.75, 3.05) is 0 Å². The molecule has 0 fully saturated rings. The lowest BCUT2D eigenvalue weighted by atomic mass is 10.0. The Kier molecular flexibility index (Phi) is 15.2. The molecule has 2 N–H and O–H groups in total. The van der Waals surface area contributed by atoms with E-state index in [-0.39, 0.29) is 49.6 Å². The number of rotatable bonds is 16. The van der Waals surface area contributed by atoms with Gasteiger partial charge in [0.25, 0.3) is 0 Å². The van der Waals surface area contributed by atoms with E-state index >= 15 is 0 Å². The second-order valence-corrected chi connectivity index (χ2v) is 22.9. The number of thiophene rings is 4. The van der Waals surface area contributed by atoms with Crippen LogP contribution in [-0.4, -0.2) is 43.8 Å². The molecule has 8 bridgehead atoms. The summed E-state index contributed by atoms with van der Waals surface area (Å²) < 4.78 is 23.3. The molecule has 12 nitrogen and oxygen atoms in total. The molecule has 0 spiro atoms. The molecule has 0 amide bonds. The lowest BCUT2D eigenvalue weighted by molar-refractivity contribution is -0.134. The third-order valence-corrected chi connectivity index (χ3v) is 16.9. The van der Waals surface area contributed by atoms with Gasteiger partial charge < -0.3 is 28.9 Å². The minimum Gasteiger partial charge on any atom is -0.426 e. The highest BCUT2D eigenvalue weighted by atomic mass is 32.1. The van der Waals surface area contributed by atoms with Crippen LogP contribution in [0, 0.1) is 0 Å². The average Bonchev–Trinajstić information content (AvgIpc) is 3.01. The Balaban J connectivity index is 0.980. The van der Waals surface area contributed by atoms with Gasteiger partial charge in [0.05, 0.1) is 48.5 Å². The Bertz CT molecular complexity index is 3900. The van der Waals surface area contributed by atoms with Gasteiger partial charge in [0, 0.05) is 44.3 Å². The van der Waals surface area contributed by atoms with E-state index in [4.69, 9.17) is 28.9 Å². The van der Waals surface area contributed by atoms with Crippen LogP contribution in [0.5, 0.6) is 23.0 Å². The van der Waals surface area contributed by atoms with Gasteiger partial charge in [-0.1, -0.05) is 48.5 Å². The van der Waals surface area contributed by atoms with E-state index in [2.05, 4.69) is 9.97 Å². The first kappa shape index (κ1) is 53.5. The summed E-state index contributed by atoms with van der Waals surface area (Å²) in [5, 5.41) is 15.5. The number of aromatic nitrogens is 4. The predicted octanol–water partition coefficient (Wildman–Crippen LogP) is 16.2. The third-order valence-electron chi connectivity index (χ3n) is 14.0. The van der Waals surface area contributed by atoms with Crippen molar-refractivity contribution < 1.29 is 38.1 Å². The molecule has 0 unspecified atom stereocenters. The van der Waals surface area contributed by atoms with Gasteiger partial charge in [-0.05, 0) is 209 Å². The van der Waals surface area contributed by atoms with Gasteiger partial charge >= 0.3 is 23.9 Å². The second kappa shape index (κ2) is 23.9. The van der Waals surface area contributed by atoms with Gasteiger partial charge in [0.15, 0.2) is 0 Å². The molecule has 84 heavy (non-hydrogen) atoms. The monoisotopic (exact) mass is 1170 g/mol. The molecule has 0 radical (unpaired) electrons. The Morgan fingerprint density at radius 1 is 0.310 bits per heavy atom. The topological polar surface area (TPSA) is 163 Å². The number of esters is 4. The largest absolute Gasteiger partial charge is 0.426 e. The molecule has 410 valence electrons. The van der Waals surface area contributed by atoms with Crippen LogP contribution in [0.4, 0.5) is 0 Å². The van der Waals surface area contributed by atoms with E-state index < -0.39 is 0 Å². The molecule has 4 aromatic carbocycles. The lowest BCUT2D eigenvalue weighted by Crippen LogP contribution is -2.10. The molecular formula is C68H46N4O8S4. The number of carbonyl (C=O) groups is 4. The number of hydrogen-bond acceptors (Lipinski definition) is 14. The number of H-pyrrole nitrogens is 2. The number of aromatic amines is 2. The van der Waals surface area contributed by atoms with E-state index in [0.29, 0.717) is 45.8 Å². The minimum atomic E-state index is -0.363. The van der Waals surface area contributed by atoms with Crippen LogP contribution in [0.15, 0.2) is 189 Å². The van der Waals surface area contributed by atoms with Crippen LogP contribution in [-0.2, 0) is 44.9 Å². The Labute approximate surface area is 497 Å². The number of hydrogen-bond donors (Lipinski definition) is 2. The molecule has 16 heteroatoms. The first-order valence-corrected chi connectivity index (χ1v) is 30.4. The first-order valence-electron chi connectivity index (χ1n) is 26.6. The van der Waals surface area contributed by atoms with Crippen LogP contribution in [0.3, 0.4) is 0 Å². The van der Waals surface area contributed by atoms with Gasteiger partial charge in [0.2, 0.25) is 0 Å². The van der Waals surface area contributed by atoms with Crippen molar-refractivity contribution in [3.05, 3.63) is 234 Å². The van der Waals surface area contributed by atoms with Gasteiger partial charge in [-0.15, -0.1) is 0 Å². The summed E-state index contributed by atoms with van der Waals surface area (Å²) in [6.07, 6.45) is 8.58. The maximum Gasteiger partial charge on any atom is 0.315 e. The predicted molar refractivity (Wildman–Crippen MR) is 335 cm³/mol. The van der Waals surface area contributed by atoms with Crippen molar-refractivity contribution in [2.24, 2.45) is 0 Å². The van der Waals surface area contributed by atoms with Crippen molar-refractivity contribution in [3.63, 3.8) is 0 Å². The van der Waals surface area contributed by atoms with E-state index in [9.17, 15) is 19.2 Å². The number of carbonyl (C=O) groups excluding carboxylic acids is 4. The van der Waals surface area contributed by atoms with Crippen LogP contribution in [0.1, 0.15) is 45.0 Å². The Morgan fingerprint density at radius 2 is 0.536 bits per heavy atom. The van der Waals surface area contributed by atoms with Gasteiger partial charge in [-0.25, -0.2) is 9.97 Å². The fraction of sp³-hybridized carbons (Fsp3) is 0.0588. The summed E-state index contributed by atoms with van der Waals surface area (Å²) >= 11 is 6.11. The molecule has 9 heterocycles. The van der Waals surface area contributed by atoms with Crippen molar-refractivity contribution >= 4 is 116 Å². The maximum absolute atomic E-state index is 13.0. The molecule has 0 saturated heterocycles. The summed E-state index contributed by atoms with van der Waals surface area (Å²) in [7, 11) is 0. The van der Waals surface area contributed by atoms with Crippen molar-refractivity contribution in [2.45, 2.75) is 25.7 Å². The summed E-state index contributed by atoms with van der Waals surface area (Å²) in [4.78, 5) is 70.6. The third kappa shape index (κ3) is 12.0. The number of nitrogens with one attached hydrogen (secondary N) is 2. The highest BCUT2D eigenvalue weighted by molar-refractivity contribution is 7.08. The molecule has 0 aliphatic carbocycles. The summed E-state index contributed by atoms with van der Waals surface area (Å²) in [6.45, 7) is 0. The van der Waals surface area contributed by atoms with Gasteiger partial charge in [-0.3, -0.25) is 19.2 Å². The lowest BCUT2D eigenvalue weighted by Gasteiger charge is -2.09. The molecule has 11 aromatic rings. The molecule has 13 rings (SSSR count). The molecule has 0 saturated carbocycles. The van der Waals surface area contributed by atoms with E-state index in [0.717, 1.165) is 88.8 Å². The molecular weight excluding hydrogens is 1130 g/mol.